The molecule has 24 heavy (non-hydrogen) atoms. The lowest BCUT2D eigenvalue weighted by Crippen LogP contribution is -2.30. The standard InChI is InChI=1S/C21H24N2O/c1-4-23-19-11-10-17(24-3)14-18(19)21(2,20(23)12-13-22)15-16-8-6-5-7-9-16/h5-14,22H,4,15H2,1-3H3/b20-12-,22-13?. The van der Waals surface area contributed by atoms with Gasteiger partial charge in [0, 0.05) is 29.6 Å². The minimum atomic E-state index is -0.182. The highest BCUT2D eigenvalue weighted by atomic mass is 16.5. The highest BCUT2D eigenvalue weighted by molar-refractivity contribution is 5.79. The van der Waals surface area contributed by atoms with Crippen LogP contribution in [0.1, 0.15) is 25.0 Å². The van der Waals surface area contributed by atoms with Crippen LogP contribution in [0.15, 0.2) is 60.3 Å². The first-order valence-corrected chi connectivity index (χ1v) is 8.35. The van der Waals surface area contributed by atoms with Crippen LogP contribution in [-0.2, 0) is 11.8 Å². The van der Waals surface area contributed by atoms with Crippen LogP contribution in [0.2, 0.25) is 0 Å². The van der Waals surface area contributed by atoms with Crippen molar-refractivity contribution in [3.63, 3.8) is 0 Å². The molecule has 1 N–H and O–H groups in total. The molecule has 3 rings (SSSR count). The molecule has 0 amide bonds. The molecule has 3 heteroatoms. The zero-order valence-electron chi connectivity index (χ0n) is 14.5. The van der Waals surface area contributed by atoms with Gasteiger partial charge in [0.15, 0.2) is 0 Å². The van der Waals surface area contributed by atoms with Crippen molar-refractivity contribution >= 4 is 11.9 Å². The lowest BCUT2D eigenvalue weighted by Gasteiger charge is -2.30. The average molecular weight is 320 g/mol. The van der Waals surface area contributed by atoms with E-state index in [4.69, 9.17) is 10.1 Å². The lowest BCUT2D eigenvalue weighted by molar-refractivity contribution is 0.413. The average Bonchev–Trinajstić information content (AvgIpc) is 2.84. The Morgan fingerprint density at radius 1 is 1.17 bits per heavy atom. The molecule has 1 heterocycles. The second-order valence-corrected chi connectivity index (χ2v) is 6.34. The molecule has 0 aliphatic carbocycles. The molecular weight excluding hydrogens is 296 g/mol. The maximum atomic E-state index is 7.62. The predicted octanol–water partition coefficient (Wildman–Crippen LogP) is 4.57. The molecule has 2 aromatic carbocycles. The fraction of sp³-hybridized carbons (Fsp3) is 0.286. The fourth-order valence-electron chi connectivity index (χ4n) is 3.77. The maximum Gasteiger partial charge on any atom is 0.119 e. The van der Waals surface area contributed by atoms with Crippen molar-refractivity contribution in [2.45, 2.75) is 25.7 Å². The maximum absolute atomic E-state index is 7.62. The second-order valence-electron chi connectivity index (χ2n) is 6.34. The molecule has 0 radical (unpaired) electrons. The molecule has 1 atom stereocenters. The van der Waals surface area contributed by atoms with Crippen LogP contribution in [-0.4, -0.2) is 19.9 Å². The van der Waals surface area contributed by atoms with Gasteiger partial charge in [-0.25, -0.2) is 0 Å². The van der Waals surface area contributed by atoms with Crippen LogP contribution in [0.3, 0.4) is 0 Å². The summed E-state index contributed by atoms with van der Waals surface area (Å²) in [5.41, 5.74) is 4.76. The second kappa shape index (κ2) is 6.52. The van der Waals surface area contributed by atoms with Crippen LogP contribution in [0.4, 0.5) is 5.69 Å². The lowest BCUT2D eigenvalue weighted by atomic mass is 9.76. The van der Waals surface area contributed by atoms with E-state index in [1.807, 2.05) is 18.2 Å². The van der Waals surface area contributed by atoms with E-state index in [2.05, 4.69) is 55.1 Å². The summed E-state index contributed by atoms with van der Waals surface area (Å²) in [6, 6.07) is 16.8. The summed E-state index contributed by atoms with van der Waals surface area (Å²) in [6.07, 6.45) is 4.22. The smallest absolute Gasteiger partial charge is 0.119 e. The topological polar surface area (TPSA) is 36.3 Å². The number of hydrogen-bond acceptors (Lipinski definition) is 3. The molecule has 2 aromatic rings. The van der Waals surface area contributed by atoms with Gasteiger partial charge >= 0.3 is 0 Å². The first-order chi connectivity index (χ1) is 11.6. The van der Waals surface area contributed by atoms with E-state index in [0.29, 0.717) is 0 Å². The van der Waals surface area contributed by atoms with Gasteiger partial charge in [-0.2, -0.15) is 0 Å². The summed E-state index contributed by atoms with van der Waals surface area (Å²) in [7, 11) is 1.71. The number of fused-ring (bicyclic) bond motifs is 1. The largest absolute Gasteiger partial charge is 0.497 e. The Morgan fingerprint density at radius 3 is 2.54 bits per heavy atom. The van der Waals surface area contributed by atoms with Gasteiger partial charge in [-0.1, -0.05) is 30.3 Å². The minimum Gasteiger partial charge on any atom is -0.497 e. The summed E-state index contributed by atoms with van der Waals surface area (Å²) < 4.78 is 5.46. The van der Waals surface area contributed by atoms with Crippen LogP contribution in [0.5, 0.6) is 5.75 Å². The van der Waals surface area contributed by atoms with E-state index in [1.54, 1.807) is 7.11 Å². The van der Waals surface area contributed by atoms with Crippen molar-refractivity contribution in [2.24, 2.45) is 0 Å². The Balaban J connectivity index is 2.17. The summed E-state index contributed by atoms with van der Waals surface area (Å²) in [4.78, 5) is 2.31. The number of nitrogens with one attached hydrogen (secondary N) is 1. The van der Waals surface area contributed by atoms with Crippen molar-refractivity contribution in [3.8, 4) is 5.75 Å². The van der Waals surface area contributed by atoms with Crippen molar-refractivity contribution in [1.29, 1.82) is 5.41 Å². The number of rotatable bonds is 5. The van der Waals surface area contributed by atoms with Gasteiger partial charge in [-0.3, -0.25) is 0 Å². The Bertz CT molecular complexity index is 767. The van der Waals surface area contributed by atoms with Gasteiger partial charge in [0.1, 0.15) is 5.75 Å². The first kappa shape index (κ1) is 16.3. The van der Waals surface area contributed by atoms with E-state index < -0.39 is 0 Å². The summed E-state index contributed by atoms with van der Waals surface area (Å²) in [5, 5.41) is 7.62. The monoisotopic (exact) mass is 320 g/mol. The molecule has 0 bridgehead atoms. The van der Waals surface area contributed by atoms with E-state index in [0.717, 1.165) is 18.7 Å². The number of methoxy groups -OCH3 is 1. The van der Waals surface area contributed by atoms with Gasteiger partial charge in [0.05, 0.1) is 7.11 Å². The number of hydrogen-bond donors (Lipinski definition) is 1. The fourth-order valence-corrected chi connectivity index (χ4v) is 3.77. The Kier molecular flexibility index (Phi) is 4.43. The molecule has 1 aliphatic rings. The van der Waals surface area contributed by atoms with Crippen molar-refractivity contribution < 1.29 is 4.74 Å². The summed E-state index contributed by atoms with van der Waals surface area (Å²) >= 11 is 0. The van der Waals surface area contributed by atoms with E-state index in [9.17, 15) is 0 Å². The van der Waals surface area contributed by atoms with Gasteiger partial charge in [0.2, 0.25) is 0 Å². The van der Waals surface area contributed by atoms with Crippen LogP contribution in [0.25, 0.3) is 0 Å². The molecule has 0 saturated carbocycles. The SMILES string of the molecule is CCN1/C(=C\C=N)C(C)(Cc2ccccc2)c2cc(OC)ccc21. The Morgan fingerprint density at radius 2 is 1.92 bits per heavy atom. The first-order valence-electron chi connectivity index (χ1n) is 8.35. The van der Waals surface area contributed by atoms with E-state index in [-0.39, 0.29) is 5.41 Å². The Labute approximate surface area is 144 Å². The quantitative estimate of drug-likeness (QED) is 0.819. The zero-order chi connectivity index (χ0) is 17.2. The Hall–Kier alpha value is -2.55. The van der Waals surface area contributed by atoms with Gasteiger partial charge in [0.25, 0.3) is 0 Å². The van der Waals surface area contributed by atoms with Crippen molar-refractivity contribution in [1.82, 2.24) is 0 Å². The number of nitrogens with zero attached hydrogens (tertiary/aromatic N) is 1. The third-order valence-electron chi connectivity index (χ3n) is 4.90. The molecule has 0 aromatic heterocycles. The third-order valence-corrected chi connectivity index (χ3v) is 4.90. The molecule has 124 valence electrons. The number of ether oxygens (including phenoxy) is 1. The number of anilines is 1. The number of benzene rings is 2. The van der Waals surface area contributed by atoms with Crippen LogP contribution in [0, 0.1) is 5.41 Å². The van der Waals surface area contributed by atoms with Gasteiger partial charge in [-0.15, -0.1) is 0 Å². The molecular formula is C21H24N2O. The minimum absolute atomic E-state index is 0.182. The van der Waals surface area contributed by atoms with Gasteiger partial charge < -0.3 is 15.0 Å². The normalized spacial score (nSPS) is 21.0. The van der Waals surface area contributed by atoms with Crippen LogP contribution < -0.4 is 9.64 Å². The highest BCUT2D eigenvalue weighted by Gasteiger charge is 2.43. The molecule has 1 aliphatic heterocycles. The molecule has 0 fully saturated rings. The number of allylic oxidation sites excluding steroid dienone is 2. The third kappa shape index (κ3) is 2.60. The van der Waals surface area contributed by atoms with E-state index >= 15 is 0 Å². The highest BCUT2D eigenvalue weighted by Crippen LogP contribution is 2.50. The number of likely N-dealkylation sites (N-methyl/N-ethyl adjacent to an activating group) is 1. The van der Waals surface area contributed by atoms with Crippen molar-refractivity contribution in [2.75, 3.05) is 18.6 Å². The predicted molar refractivity (Wildman–Crippen MR) is 100 cm³/mol. The van der Waals surface area contributed by atoms with Crippen molar-refractivity contribution in [3.05, 3.63) is 71.4 Å². The van der Waals surface area contributed by atoms with Crippen LogP contribution >= 0.6 is 0 Å². The summed E-state index contributed by atoms with van der Waals surface area (Å²) in [5.74, 6) is 0.875. The molecule has 0 spiro atoms. The van der Waals surface area contributed by atoms with Gasteiger partial charge in [-0.05, 0) is 55.7 Å². The zero-order valence-corrected chi connectivity index (χ0v) is 14.5. The van der Waals surface area contributed by atoms with E-state index in [1.165, 1.54) is 28.7 Å². The molecule has 1 unspecified atom stereocenters. The molecule has 0 saturated heterocycles. The summed E-state index contributed by atoms with van der Waals surface area (Å²) in [6.45, 7) is 5.30. The molecule has 3 nitrogen and oxygen atoms in total.